The van der Waals surface area contributed by atoms with Crippen LogP contribution in [0.2, 0.25) is 0 Å². The predicted molar refractivity (Wildman–Crippen MR) is 107 cm³/mol. The second kappa shape index (κ2) is 6.62. The van der Waals surface area contributed by atoms with E-state index < -0.39 is 11.9 Å². The van der Waals surface area contributed by atoms with Gasteiger partial charge in [-0.2, -0.15) is 18.4 Å². The van der Waals surface area contributed by atoms with Gasteiger partial charge in [-0.3, -0.25) is 9.55 Å². The summed E-state index contributed by atoms with van der Waals surface area (Å²) in [6, 6.07) is 6.78. The van der Waals surface area contributed by atoms with E-state index in [1.807, 2.05) is 13.0 Å². The maximum atomic E-state index is 13.9. The van der Waals surface area contributed by atoms with Crippen molar-refractivity contribution < 1.29 is 17.9 Å². The highest BCUT2D eigenvalue weighted by atomic mass is 19.4. The van der Waals surface area contributed by atoms with Gasteiger partial charge in [-0.1, -0.05) is 6.07 Å². The fourth-order valence-electron chi connectivity index (χ4n) is 3.85. The number of rotatable bonds is 2. The van der Waals surface area contributed by atoms with Crippen LogP contribution in [0.3, 0.4) is 0 Å². The van der Waals surface area contributed by atoms with Crippen molar-refractivity contribution in [3.63, 3.8) is 0 Å². The van der Waals surface area contributed by atoms with E-state index in [-0.39, 0.29) is 27.8 Å². The van der Waals surface area contributed by atoms with Crippen molar-refractivity contribution in [2.75, 3.05) is 12.8 Å². The van der Waals surface area contributed by atoms with Gasteiger partial charge in [0.1, 0.15) is 23.2 Å². The smallest absolute Gasteiger partial charge is 0.434 e. The Morgan fingerprint density at radius 2 is 1.93 bits per heavy atom. The van der Waals surface area contributed by atoms with E-state index in [0.717, 1.165) is 5.56 Å². The molecule has 6 nitrogen and oxygen atoms in total. The third kappa shape index (κ3) is 2.64. The van der Waals surface area contributed by atoms with Crippen LogP contribution in [0.15, 0.2) is 30.6 Å². The maximum absolute atomic E-state index is 13.9. The summed E-state index contributed by atoms with van der Waals surface area (Å²) >= 11 is 0. The van der Waals surface area contributed by atoms with Crippen molar-refractivity contribution in [3.8, 4) is 17.5 Å². The first-order valence-electron chi connectivity index (χ1n) is 8.90. The molecule has 0 amide bonds. The molecule has 9 heteroatoms. The maximum Gasteiger partial charge on any atom is 0.434 e. The molecule has 0 aliphatic carbocycles. The van der Waals surface area contributed by atoms with E-state index in [4.69, 9.17) is 10.5 Å². The lowest BCUT2D eigenvalue weighted by molar-refractivity contribution is -0.139. The minimum Gasteiger partial charge on any atom is -0.496 e. The van der Waals surface area contributed by atoms with Gasteiger partial charge in [0.15, 0.2) is 5.69 Å². The highest BCUT2D eigenvalue weighted by Crippen LogP contribution is 2.43. The molecule has 0 unspecified atom stereocenters. The molecule has 4 rings (SSSR count). The van der Waals surface area contributed by atoms with Crippen molar-refractivity contribution in [1.29, 1.82) is 5.26 Å². The first kappa shape index (κ1) is 19.5. The minimum absolute atomic E-state index is 0.101. The molecular weight excluding hydrogens is 395 g/mol. The van der Waals surface area contributed by atoms with Crippen LogP contribution in [0.25, 0.3) is 27.5 Å². The van der Waals surface area contributed by atoms with E-state index in [9.17, 15) is 18.4 Å². The van der Waals surface area contributed by atoms with Crippen LogP contribution in [-0.2, 0) is 6.18 Å². The number of nitrogens with zero attached hydrogens (tertiary/aromatic N) is 4. The van der Waals surface area contributed by atoms with Gasteiger partial charge in [0.2, 0.25) is 0 Å². The third-order valence-electron chi connectivity index (χ3n) is 5.14. The van der Waals surface area contributed by atoms with Gasteiger partial charge in [0.05, 0.1) is 29.2 Å². The number of aromatic nitrogens is 3. The molecule has 0 spiro atoms. The van der Waals surface area contributed by atoms with Crippen LogP contribution < -0.4 is 10.5 Å². The number of benzene rings is 1. The number of nitrogen functional groups attached to an aromatic ring is 1. The molecule has 152 valence electrons. The highest BCUT2D eigenvalue weighted by Gasteiger charge is 2.38. The average molecular weight is 411 g/mol. The zero-order valence-electron chi connectivity index (χ0n) is 16.3. The van der Waals surface area contributed by atoms with Crippen LogP contribution >= 0.6 is 0 Å². The molecular formula is C21H16F3N5O. The zero-order chi connectivity index (χ0) is 21.8. The molecule has 4 aromatic rings. The number of pyridine rings is 2. The van der Waals surface area contributed by atoms with Gasteiger partial charge >= 0.3 is 6.18 Å². The van der Waals surface area contributed by atoms with Gasteiger partial charge in [0.25, 0.3) is 0 Å². The number of fused-ring (bicyclic) bond motifs is 3. The first-order valence-corrected chi connectivity index (χ1v) is 8.90. The van der Waals surface area contributed by atoms with Crippen molar-refractivity contribution in [2.45, 2.75) is 20.0 Å². The number of nitrogens with two attached hydrogens (primary N) is 1. The summed E-state index contributed by atoms with van der Waals surface area (Å²) in [5, 5.41) is 9.71. The second-order valence-corrected chi connectivity index (χ2v) is 6.84. The van der Waals surface area contributed by atoms with Crippen LogP contribution in [0.4, 0.5) is 19.0 Å². The largest absolute Gasteiger partial charge is 0.496 e. The number of halogens is 3. The fraction of sp³-hybridized carbons (Fsp3) is 0.190. The topological polar surface area (TPSA) is 89.8 Å². The number of ether oxygens (including phenoxy) is 1. The second-order valence-electron chi connectivity index (χ2n) is 6.84. The van der Waals surface area contributed by atoms with Gasteiger partial charge in [-0.25, -0.2) is 4.98 Å². The molecule has 0 fully saturated rings. The molecule has 30 heavy (non-hydrogen) atoms. The Kier molecular flexibility index (Phi) is 4.31. The Balaban J connectivity index is 2.34. The summed E-state index contributed by atoms with van der Waals surface area (Å²) in [6.07, 6.45) is -1.99. The van der Waals surface area contributed by atoms with Crippen molar-refractivity contribution in [2.24, 2.45) is 0 Å². The molecule has 1 aromatic carbocycles. The van der Waals surface area contributed by atoms with E-state index >= 15 is 0 Å². The number of alkyl halides is 3. The summed E-state index contributed by atoms with van der Waals surface area (Å²) in [6.45, 7) is 3.59. The van der Waals surface area contributed by atoms with E-state index in [0.29, 0.717) is 22.4 Å². The van der Waals surface area contributed by atoms with Gasteiger partial charge < -0.3 is 10.5 Å². The quantitative estimate of drug-likeness (QED) is 0.518. The van der Waals surface area contributed by atoms with Crippen LogP contribution in [0.1, 0.15) is 22.4 Å². The molecule has 0 saturated carbocycles. The van der Waals surface area contributed by atoms with E-state index in [1.54, 1.807) is 19.1 Å². The van der Waals surface area contributed by atoms with Crippen LogP contribution in [-0.4, -0.2) is 21.6 Å². The Hall–Kier alpha value is -3.80. The Bertz CT molecular complexity index is 1370. The summed E-state index contributed by atoms with van der Waals surface area (Å²) in [7, 11) is 1.50. The van der Waals surface area contributed by atoms with Crippen LogP contribution in [0, 0.1) is 25.2 Å². The standard InChI is InChI=1S/C21H16F3N5O/c1-10-4-5-15(30-3)11(2)17(10)29-18-13-9-27-7-6-14(13)28-19(21(22,23)24)16(18)12(8-25)20(29)26/h4-7,9H,26H2,1-3H3. The highest BCUT2D eigenvalue weighted by molar-refractivity contribution is 6.10. The summed E-state index contributed by atoms with van der Waals surface area (Å²) in [5.41, 5.74) is 7.05. The van der Waals surface area contributed by atoms with Gasteiger partial charge in [-0.05, 0) is 31.5 Å². The fourth-order valence-corrected chi connectivity index (χ4v) is 3.85. The number of methoxy groups -OCH3 is 1. The molecule has 3 aromatic heterocycles. The number of hydrogen-bond acceptors (Lipinski definition) is 5. The Morgan fingerprint density at radius 1 is 1.20 bits per heavy atom. The van der Waals surface area contributed by atoms with Gasteiger partial charge in [-0.15, -0.1) is 0 Å². The molecule has 2 N–H and O–H groups in total. The van der Waals surface area contributed by atoms with E-state index in [1.165, 1.54) is 30.1 Å². The molecule has 0 radical (unpaired) electrons. The SMILES string of the molecule is COc1ccc(C)c(-n2c(N)c(C#N)c3c(C(F)(F)F)nc4ccncc4c32)c1C. The van der Waals surface area contributed by atoms with E-state index in [2.05, 4.69) is 9.97 Å². The Labute approximate surface area is 169 Å². The molecule has 0 aliphatic heterocycles. The monoisotopic (exact) mass is 411 g/mol. The molecule has 0 bridgehead atoms. The first-order chi connectivity index (χ1) is 14.2. The van der Waals surface area contributed by atoms with Crippen molar-refractivity contribution >= 4 is 27.6 Å². The van der Waals surface area contributed by atoms with Gasteiger partial charge in [0, 0.05) is 23.3 Å². The lowest BCUT2D eigenvalue weighted by Gasteiger charge is -2.18. The van der Waals surface area contributed by atoms with Crippen molar-refractivity contribution in [3.05, 3.63) is 53.0 Å². The number of nitriles is 1. The lowest BCUT2D eigenvalue weighted by Crippen LogP contribution is -2.10. The lowest BCUT2D eigenvalue weighted by atomic mass is 10.1. The molecule has 0 atom stereocenters. The molecule has 3 heterocycles. The summed E-state index contributed by atoms with van der Waals surface area (Å²) < 4.78 is 48.6. The molecule has 0 saturated heterocycles. The number of anilines is 1. The normalized spacial score (nSPS) is 11.8. The Morgan fingerprint density at radius 3 is 2.57 bits per heavy atom. The predicted octanol–water partition coefficient (Wildman–Crippen LogP) is 4.67. The average Bonchev–Trinajstić information content (AvgIpc) is 2.99. The van der Waals surface area contributed by atoms with Crippen molar-refractivity contribution in [1.82, 2.24) is 14.5 Å². The molecule has 0 aliphatic rings. The van der Waals surface area contributed by atoms with Crippen LogP contribution in [0.5, 0.6) is 5.75 Å². The third-order valence-corrected chi connectivity index (χ3v) is 5.14. The minimum atomic E-state index is -4.78. The number of aryl methyl sites for hydroxylation is 1. The summed E-state index contributed by atoms with van der Waals surface area (Å²) in [5.74, 6) is 0.443. The zero-order valence-corrected chi connectivity index (χ0v) is 16.3. The summed E-state index contributed by atoms with van der Waals surface area (Å²) in [4.78, 5) is 7.85. The number of hydrogen-bond donors (Lipinski definition) is 1.